The van der Waals surface area contributed by atoms with E-state index in [1.165, 1.54) is 0 Å². The number of aryl methyl sites for hydroxylation is 1. The molecule has 1 rings (SSSR count). The molecule has 24 heavy (non-hydrogen) atoms. The van der Waals surface area contributed by atoms with Crippen molar-refractivity contribution in [2.75, 3.05) is 19.7 Å². The Balaban J connectivity index is 0.00000529. The maximum Gasteiger partial charge on any atom is 0.191 e. The molecule has 1 atom stereocenters. The molecule has 1 heterocycles. The van der Waals surface area contributed by atoms with Crippen molar-refractivity contribution in [1.82, 2.24) is 25.4 Å². The van der Waals surface area contributed by atoms with Gasteiger partial charge in [-0.05, 0) is 38.5 Å². The molecule has 0 amide bonds. The van der Waals surface area contributed by atoms with Gasteiger partial charge in [0.05, 0.1) is 0 Å². The van der Waals surface area contributed by atoms with Gasteiger partial charge in [-0.3, -0.25) is 0 Å². The molecule has 7 nitrogen and oxygen atoms in total. The summed E-state index contributed by atoms with van der Waals surface area (Å²) in [6, 6.07) is 0. The largest absolute Gasteiger partial charge is 0.396 e. The van der Waals surface area contributed by atoms with Gasteiger partial charge in [-0.15, -0.1) is 34.2 Å². The topological polar surface area (TPSA) is 87.4 Å². The monoisotopic (exact) mass is 452 g/mol. The Kier molecular flexibility index (Phi) is 12.9. The third-order valence-electron chi connectivity index (χ3n) is 3.66. The number of halogens is 1. The highest BCUT2D eigenvalue weighted by molar-refractivity contribution is 14.0. The summed E-state index contributed by atoms with van der Waals surface area (Å²) in [7, 11) is 0. The minimum Gasteiger partial charge on any atom is -0.396 e. The van der Waals surface area contributed by atoms with E-state index in [1.807, 2.05) is 11.5 Å². The Morgan fingerprint density at radius 3 is 2.67 bits per heavy atom. The zero-order chi connectivity index (χ0) is 17.1. The average Bonchev–Trinajstić information content (AvgIpc) is 2.97. The summed E-state index contributed by atoms with van der Waals surface area (Å²) in [5, 5.41) is 23.9. The SMILES string of the molecule is CCNC(=NCc1nncn1CC)NCC(CCO)CC(C)C.I. The fraction of sp³-hybridized carbons (Fsp3) is 0.812. The number of nitrogens with one attached hydrogen (secondary N) is 2. The number of aromatic nitrogens is 3. The second-order valence-electron chi connectivity index (χ2n) is 6.12. The van der Waals surface area contributed by atoms with Crippen molar-refractivity contribution >= 4 is 29.9 Å². The first-order valence-electron chi connectivity index (χ1n) is 8.60. The lowest BCUT2D eigenvalue weighted by molar-refractivity contribution is 0.243. The highest BCUT2D eigenvalue weighted by Gasteiger charge is 2.11. The van der Waals surface area contributed by atoms with Gasteiger partial charge < -0.3 is 20.3 Å². The van der Waals surface area contributed by atoms with Crippen molar-refractivity contribution in [2.24, 2.45) is 16.8 Å². The second kappa shape index (κ2) is 13.4. The van der Waals surface area contributed by atoms with E-state index in [-0.39, 0.29) is 30.6 Å². The molecule has 8 heteroatoms. The molecule has 0 aromatic carbocycles. The number of guanidine groups is 1. The average molecular weight is 452 g/mol. The maximum absolute atomic E-state index is 9.21. The summed E-state index contributed by atoms with van der Waals surface area (Å²) < 4.78 is 1.99. The number of nitrogens with zero attached hydrogens (tertiary/aromatic N) is 4. The zero-order valence-electron chi connectivity index (χ0n) is 15.3. The Bertz CT molecular complexity index is 463. The van der Waals surface area contributed by atoms with Crippen LogP contribution in [0.3, 0.4) is 0 Å². The van der Waals surface area contributed by atoms with Gasteiger partial charge in [0.2, 0.25) is 0 Å². The number of aliphatic imine (C=N–C) groups is 1. The maximum atomic E-state index is 9.21. The molecule has 0 spiro atoms. The Hall–Kier alpha value is -0.900. The molecule has 0 saturated carbocycles. The molecule has 0 bridgehead atoms. The normalized spacial score (nSPS) is 12.8. The smallest absolute Gasteiger partial charge is 0.191 e. The summed E-state index contributed by atoms with van der Waals surface area (Å²) in [5.74, 6) is 2.71. The van der Waals surface area contributed by atoms with Gasteiger partial charge in [0.25, 0.3) is 0 Å². The predicted octanol–water partition coefficient (Wildman–Crippen LogP) is 2.02. The second-order valence-corrected chi connectivity index (χ2v) is 6.12. The van der Waals surface area contributed by atoms with Crippen molar-refractivity contribution in [3.05, 3.63) is 12.2 Å². The van der Waals surface area contributed by atoms with Crippen LogP contribution in [0, 0.1) is 11.8 Å². The first-order chi connectivity index (χ1) is 11.1. The van der Waals surface area contributed by atoms with Crippen LogP contribution < -0.4 is 10.6 Å². The van der Waals surface area contributed by atoms with E-state index < -0.39 is 0 Å². The van der Waals surface area contributed by atoms with Crippen LogP contribution in [0.5, 0.6) is 0 Å². The van der Waals surface area contributed by atoms with Crippen LogP contribution in [0.15, 0.2) is 11.3 Å². The summed E-state index contributed by atoms with van der Waals surface area (Å²) in [6.07, 6.45) is 3.64. The van der Waals surface area contributed by atoms with Crippen LogP contribution in [-0.2, 0) is 13.1 Å². The number of aliphatic hydroxyl groups excluding tert-OH is 1. The van der Waals surface area contributed by atoms with Crippen LogP contribution >= 0.6 is 24.0 Å². The van der Waals surface area contributed by atoms with Gasteiger partial charge >= 0.3 is 0 Å². The molecule has 140 valence electrons. The lowest BCUT2D eigenvalue weighted by Gasteiger charge is -2.20. The lowest BCUT2D eigenvalue weighted by Crippen LogP contribution is -2.40. The molecular formula is C16H33IN6O. The quantitative estimate of drug-likeness (QED) is 0.287. The third kappa shape index (κ3) is 8.81. The molecule has 0 saturated heterocycles. The Labute approximate surface area is 162 Å². The number of hydrogen-bond donors (Lipinski definition) is 3. The van der Waals surface area contributed by atoms with Gasteiger partial charge in [0.15, 0.2) is 11.8 Å². The number of aliphatic hydroxyl groups is 1. The molecule has 3 N–H and O–H groups in total. The van der Waals surface area contributed by atoms with Gasteiger partial charge in [-0.2, -0.15) is 0 Å². The van der Waals surface area contributed by atoms with Crippen molar-refractivity contribution in [1.29, 1.82) is 0 Å². The van der Waals surface area contributed by atoms with E-state index >= 15 is 0 Å². The van der Waals surface area contributed by atoms with Crippen LogP contribution in [0.1, 0.15) is 46.4 Å². The van der Waals surface area contributed by atoms with E-state index in [4.69, 9.17) is 0 Å². The van der Waals surface area contributed by atoms with Crippen molar-refractivity contribution in [3.8, 4) is 0 Å². The van der Waals surface area contributed by atoms with E-state index in [0.29, 0.717) is 18.4 Å². The minimum absolute atomic E-state index is 0. The van der Waals surface area contributed by atoms with Gasteiger partial charge in [0, 0.05) is 26.2 Å². The number of rotatable bonds is 10. The first kappa shape index (κ1) is 23.1. The van der Waals surface area contributed by atoms with Crippen LogP contribution in [0.25, 0.3) is 0 Å². The summed E-state index contributed by atoms with van der Waals surface area (Å²) in [4.78, 5) is 4.58. The molecule has 0 aliphatic carbocycles. The fourth-order valence-electron chi connectivity index (χ4n) is 2.55. The molecular weight excluding hydrogens is 419 g/mol. The van der Waals surface area contributed by atoms with E-state index in [0.717, 1.165) is 44.3 Å². The van der Waals surface area contributed by atoms with Crippen molar-refractivity contribution in [3.63, 3.8) is 0 Å². The molecule has 1 aromatic rings. The molecule has 1 aromatic heterocycles. The lowest BCUT2D eigenvalue weighted by atomic mass is 9.94. The summed E-state index contributed by atoms with van der Waals surface area (Å²) in [5.41, 5.74) is 0. The third-order valence-corrected chi connectivity index (χ3v) is 3.66. The summed E-state index contributed by atoms with van der Waals surface area (Å²) >= 11 is 0. The van der Waals surface area contributed by atoms with E-state index in [1.54, 1.807) is 6.33 Å². The molecule has 0 aliphatic heterocycles. The van der Waals surface area contributed by atoms with Crippen molar-refractivity contribution < 1.29 is 5.11 Å². The highest BCUT2D eigenvalue weighted by atomic mass is 127. The van der Waals surface area contributed by atoms with Gasteiger partial charge in [-0.1, -0.05) is 13.8 Å². The fourth-order valence-corrected chi connectivity index (χ4v) is 2.55. The summed E-state index contributed by atoms with van der Waals surface area (Å²) in [6.45, 7) is 11.7. The van der Waals surface area contributed by atoms with Gasteiger partial charge in [0.1, 0.15) is 12.9 Å². The van der Waals surface area contributed by atoms with Crippen LogP contribution in [-0.4, -0.2) is 45.5 Å². The molecule has 0 radical (unpaired) electrons. The molecule has 0 fully saturated rings. The molecule has 1 unspecified atom stereocenters. The van der Waals surface area contributed by atoms with E-state index in [9.17, 15) is 5.11 Å². The minimum atomic E-state index is 0. The van der Waals surface area contributed by atoms with Gasteiger partial charge in [-0.25, -0.2) is 4.99 Å². The zero-order valence-corrected chi connectivity index (χ0v) is 17.7. The highest BCUT2D eigenvalue weighted by Crippen LogP contribution is 2.14. The number of hydrogen-bond acceptors (Lipinski definition) is 4. The van der Waals surface area contributed by atoms with Crippen LogP contribution in [0.4, 0.5) is 0 Å². The van der Waals surface area contributed by atoms with Crippen molar-refractivity contribution in [2.45, 2.75) is 53.6 Å². The first-order valence-corrected chi connectivity index (χ1v) is 8.60. The van der Waals surface area contributed by atoms with Crippen LogP contribution in [0.2, 0.25) is 0 Å². The Morgan fingerprint density at radius 2 is 2.08 bits per heavy atom. The predicted molar refractivity (Wildman–Crippen MR) is 109 cm³/mol. The standard InChI is InChI=1S/C16H32N6O.HI/c1-5-17-16(18-10-14(7-8-23)9-13(3)4)19-11-15-21-20-12-22(15)6-2;/h12-14,23H,5-11H2,1-4H3,(H2,17,18,19);1H. The van der Waals surface area contributed by atoms with E-state index in [2.05, 4.69) is 46.6 Å². The Morgan fingerprint density at radius 1 is 1.33 bits per heavy atom. The molecule has 0 aliphatic rings.